The molecule has 0 radical (unpaired) electrons. The molecule has 0 spiro atoms. The number of aromatic nitrogens is 4. The summed E-state index contributed by atoms with van der Waals surface area (Å²) in [7, 11) is 0. The molecule has 4 nitrogen and oxygen atoms in total. The maximum absolute atomic E-state index is 6.90. The van der Waals surface area contributed by atoms with E-state index in [2.05, 4.69) is 19.9 Å². The van der Waals surface area contributed by atoms with E-state index < -0.39 is 0 Å². The summed E-state index contributed by atoms with van der Waals surface area (Å²) in [6.45, 7) is 0. The van der Waals surface area contributed by atoms with E-state index in [1.54, 1.807) is 0 Å². The van der Waals surface area contributed by atoms with Crippen molar-refractivity contribution in [3.63, 3.8) is 0 Å². The lowest BCUT2D eigenvalue weighted by Crippen LogP contribution is -1.83. The summed E-state index contributed by atoms with van der Waals surface area (Å²) in [5, 5.41) is 1.59. The molecule has 6 rings (SSSR count). The van der Waals surface area contributed by atoms with E-state index >= 15 is 0 Å². The number of rotatable bonds is 1. The van der Waals surface area contributed by atoms with Crippen molar-refractivity contribution in [2.75, 3.05) is 0 Å². The van der Waals surface area contributed by atoms with Gasteiger partial charge in [-0.05, 0) is 60.7 Å². The first kappa shape index (κ1) is 20.3. The number of halogens is 3. The topological polar surface area (TPSA) is 57.4 Å². The normalized spacial score (nSPS) is 12.5. The fourth-order valence-electron chi connectivity index (χ4n) is 3.99. The van der Waals surface area contributed by atoms with Gasteiger partial charge in [0.05, 0.1) is 38.3 Å². The third-order valence-corrected chi connectivity index (χ3v) is 6.64. The van der Waals surface area contributed by atoms with Crippen LogP contribution in [-0.4, -0.2) is 19.9 Å². The number of H-pyrrole nitrogens is 2. The van der Waals surface area contributed by atoms with Gasteiger partial charge in [0.2, 0.25) is 0 Å². The minimum Gasteiger partial charge on any atom is -0.355 e. The third-order valence-electron chi connectivity index (χ3n) is 5.54. The lowest BCUT2D eigenvalue weighted by Gasteiger charge is -2.03. The number of nitrogens with one attached hydrogen (secondary N) is 2. The smallest absolute Gasteiger partial charge is 0.0919 e. The van der Waals surface area contributed by atoms with Crippen molar-refractivity contribution < 1.29 is 0 Å². The Hall–Kier alpha value is -3.31. The zero-order valence-corrected chi connectivity index (χ0v) is 19.3. The molecule has 0 fully saturated rings. The van der Waals surface area contributed by atoms with E-state index in [9.17, 15) is 0 Å². The van der Waals surface area contributed by atoms with Crippen LogP contribution in [0.2, 0.25) is 15.1 Å². The molecular weight excluding hydrogens is 475 g/mol. The first-order valence-corrected chi connectivity index (χ1v) is 11.4. The molecule has 7 heteroatoms. The Labute approximate surface area is 204 Å². The summed E-state index contributed by atoms with van der Waals surface area (Å²) in [4.78, 5) is 16.1. The summed E-state index contributed by atoms with van der Waals surface area (Å²) in [5.41, 5.74) is 7.95. The SMILES string of the molecule is Clc1ccccc1-c1cc2cc3ccc(cc4nc(c(Cl)c5nc(c(Cl)c1[nH]2)C=C5)C=C4)[nH]3. The molecule has 160 valence electrons. The Morgan fingerprint density at radius 1 is 0.576 bits per heavy atom. The maximum Gasteiger partial charge on any atom is 0.0919 e. The average molecular weight is 490 g/mol. The Kier molecular flexibility index (Phi) is 4.88. The molecule has 1 aromatic carbocycles. The van der Waals surface area contributed by atoms with Crippen molar-refractivity contribution in [1.29, 1.82) is 0 Å². The molecule has 8 bridgehead atoms. The number of hydrogen-bond acceptors (Lipinski definition) is 2. The molecule has 0 atom stereocenters. The number of nitrogens with zero attached hydrogens (tertiary/aromatic N) is 2. The molecule has 5 heterocycles. The largest absolute Gasteiger partial charge is 0.355 e. The molecule has 0 saturated heterocycles. The molecular formula is C26H15Cl3N4. The number of fused-ring (bicyclic) bond motifs is 8. The molecule has 0 unspecified atom stereocenters. The molecule has 2 aliphatic rings. The van der Waals surface area contributed by atoms with E-state index in [1.165, 1.54) is 0 Å². The Balaban J connectivity index is 1.75. The molecule has 4 aromatic rings. The van der Waals surface area contributed by atoms with Gasteiger partial charge >= 0.3 is 0 Å². The molecule has 0 amide bonds. The summed E-state index contributed by atoms with van der Waals surface area (Å²) in [6.07, 6.45) is 7.51. The van der Waals surface area contributed by atoms with Crippen LogP contribution in [0.4, 0.5) is 0 Å². The predicted octanol–water partition coefficient (Wildman–Crippen LogP) is 8.28. The number of hydrogen-bond donors (Lipinski definition) is 2. The maximum atomic E-state index is 6.90. The van der Waals surface area contributed by atoms with Crippen molar-refractivity contribution in [2.24, 2.45) is 0 Å². The fraction of sp³-hybridized carbons (Fsp3) is 0. The summed E-state index contributed by atoms with van der Waals surface area (Å²) < 4.78 is 0. The third kappa shape index (κ3) is 3.66. The van der Waals surface area contributed by atoms with Gasteiger partial charge in [-0.1, -0.05) is 53.0 Å². The minimum atomic E-state index is 0.469. The zero-order valence-electron chi connectivity index (χ0n) is 17.0. The molecule has 2 aliphatic heterocycles. The second-order valence-electron chi connectivity index (χ2n) is 7.75. The van der Waals surface area contributed by atoms with E-state index in [-0.39, 0.29) is 0 Å². The van der Waals surface area contributed by atoms with Crippen LogP contribution in [-0.2, 0) is 0 Å². The molecule has 0 saturated carbocycles. The molecule has 3 aromatic heterocycles. The Morgan fingerprint density at radius 3 is 2.09 bits per heavy atom. The Morgan fingerprint density at radius 2 is 1.27 bits per heavy atom. The van der Waals surface area contributed by atoms with Gasteiger partial charge in [-0.3, -0.25) is 0 Å². The van der Waals surface area contributed by atoms with Crippen molar-refractivity contribution in [1.82, 2.24) is 19.9 Å². The van der Waals surface area contributed by atoms with Crippen LogP contribution in [0, 0.1) is 0 Å². The summed E-state index contributed by atoms with van der Waals surface area (Å²) in [5.74, 6) is 0. The van der Waals surface area contributed by atoms with Gasteiger partial charge in [-0.2, -0.15) is 0 Å². The molecule has 0 aliphatic carbocycles. The van der Waals surface area contributed by atoms with Crippen molar-refractivity contribution >= 4 is 81.2 Å². The van der Waals surface area contributed by atoms with E-state index in [0.29, 0.717) is 32.1 Å². The lowest BCUT2D eigenvalue weighted by molar-refractivity contribution is 1.28. The van der Waals surface area contributed by atoms with Gasteiger partial charge in [0.25, 0.3) is 0 Å². The highest BCUT2D eigenvalue weighted by molar-refractivity contribution is 6.37. The lowest BCUT2D eigenvalue weighted by atomic mass is 10.1. The van der Waals surface area contributed by atoms with Gasteiger partial charge in [0.15, 0.2) is 0 Å². The highest BCUT2D eigenvalue weighted by Gasteiger charge is 2.15. The van der Waals surface area contributed by atoms with Crippen LogP contribution >= 0.6 is 34.8 Å². The highest BCUT2D eigenvalue weighted by Crippen LogP contribution is 2.37. The van der Waals surface area contributed by atoms with Gasteiger partial charge in [-0.15, -0.1) is 0 Å². The van der Waals surface area contributed by atoms with Gasteiger partial charge in [0, 0.05) is 32.7 Å². The highest BCUT2D eigenvalue weighted by atomic mass is 35.5. The second kappa shape index (κ2) is 7.92. The number of benzene rings is 1. The fourth-order valence-corrected chi connectivity index (χ4v) is 4.69. The van der Waals surface area contributed by atoms with Gasteiger partial charge < -0.3 is 9.97 Å². The van der Waals surface area contributed by atoms with E-state index in [1.807, 2.05) is 78.9 Å². The first-order chi connectivity index (χ1) is 16.0. The average Bonchev–Trinajstić information content (AvgIpc) is 3.60. The summed E-state index contributed by atoms with van der Waals surface area (Å²) >= 11 is 20.1. The standard InChI is InChI=1S/C26H15Cl3N4/c27-20-4-2-1-3-18(20)19-13-17-12-15-6-5-14(30-15)11-16-7-8-21(31-16)24(28)22-9-10-23(33-22)25(29)26(19)32-17/h1-13,30,32H. The monoisotopic (exact) mass is 488 g/mol. The van der Waals surface area contributed by atoms with Gasteiger partial charge in [-0.25, -0.2) is 9.97 Å². The second-order valence-corrected chi connectivity index (χ2v) is 8.91. The zero-order chi connectivity index (χ0) is 22.5. The van der Waals surface area contributed by atoms with Crippen molar-refractivity contribution in [3.8, 4) is 11.1 Å². The van der Waals surface area contributed by atoms with Gasteiger partial charge in [0.1, 0.15) is 0 Å². The first-order valence-electron chi connectivity index (χ1n) is 10.3. The van der Waals surface area contributed by atoms with Crippen LogP contribution in [0.5, 0.6) is 0 Å². The Bertz CT molecular complexity index is 1660. The molecule has 33 heavy (non-hydrogen) atoms. The van der Waals surface area contributed by atoms with Crippen LogP contribution in [0.15, 0.2) is 54.6 Å². The van der Waals surface area contributed by atoms with Crippen LogP contribution in [0.1, 0.15) is 22.8 Å². The van der Waals surface area contributed by atoms with Crippen molar-refractivity contribution in [3.05, 3.63) is 92.4 Å². The minimum absolute atomic E-state index is 0.469. The van der Waals surface area contributed by atoms with E-state index in [4.69, 9.17) is 34.8 Å². The van der Waals surface area contributed by atoms with Crippen LogP contribution in [0.25, 0.3) is 57.5 Å². The molecule has 2 N–H and O–H groups in total. The number of aromatic amines is 2. The van der Waals surface area contributed by atoms with Crippen LogP contribution < -0.4 is 0 Å². The quantitative estimate of drug-likeness (QED) is 0.244. The summed E-state index contributed by atoms with van der Waals surface area (Å²) in [6, 6.07) is 17.7. The predicted molar refractivity (Wildman–Crippen MR) is 139 cm³/mol. The van der Waals surface area contributed by atoms with Crippen molar-refractivity contribution in [2.45, 2.75) is 0 Å². The van der Waals surface area contributed by atoms with E-state index in [0.717, 1.165) is 38.9 Å². The van der Waals surface area contributed by atoms with Crippen LogP contribution in [0.3, 0.4) is 0 Å².